The van der Waals surface area contributed by atoms with Gasteiger partial charge in [0.1, 0.15) is 6.61 Å². The van der Waals surface area contributed by atoms with Gasteiger partial charge in [0.05, 0.1) is 6.21 Å². The largest absolute Gasteiger partial charge is 0.396 e. The molecule has 1 aromatic rings. The lowest BCUT2D eigenvalue weighted by Crippen LogP contribution is -1.86. The molecule has 0 unspecified atom stereocenters. The average Bonchev–Trinajstić information content (AvgIpc) is 2.14. The van der Waals surface area contributed by atoms with Crippen molar-refractivity contribution in [3.8, 4) is 0 Å². The molecule has 1 rings (SSSR count). The van der Waals surface area contributed by atoms with E-state index in [2.05, 4.69) is 10.1 Å². The summed E-state index contributed by atoms with van der Waals surface area (Å²) in [6.07, 6.45) is 6.09. The van der Waals surface area contributed by atoms with E-state index in [9.17, 15) is 0 Å². The Morgan fingerprint density at radius 3 is 3.25 bits per heavy atom. The zero-order chi connectivity index (χ0) is 8.65. The zero-order valence-electron chi connectivity index (χ0n) is 7.10. The molecule has 0 bridgehead atoms. The van der Waals surface area contributed by atoms with Crippen LogP contribution in [0.2, 0.25) is 0 Å². The standard InChI is InChI=1S/C9H12N2O/c1-2-6-12-11-8-9-4-3-5-10-7-9/h3-5,7-8H,2,6H2,1H3/b11-8-. The maximum absolute atomic E-state index is 4.93. The highest BCUT2D eigenvalue weighted by Gasteiger charge is 1.83. The summed E-state index contributed by atoms with van der Waals surface area (Å²) >= 11 is 0. The molecule has 0 saturated heterocycles. The van der Waals surface area contributed by atoms with Crippen molar-refractivity contribution in [3.05, 3.63) is 30.1 Å². The maximum Gasteiger partial charge on any atom is 0.116 e. The van der Waals surface area contributed by atoms with Crippen molar-refractivity contribution in [2.45, 2.75) is 13.3 Å². The molecule has 0 spiro atoms. The first-order valence-corrected chi connectivity index (χ1v) is 3.99. The zero-order valence-corrected chi connectivity index (χ0v) is 7.10. The van der Waals surface area contributed by atoms with Crippen LogP contribution in [-0.2, 0) is 4.84 Å². The first-order chi connectivity index (χ1) is 5.93. The molecule has 0 amide bonds. The van der Waals surface area contributed by atoms with Gasteiger partial charge in [0.2, 0.25) is 0 Å². The predicted molar refractivity (Wildman–Crippen MR) is 48.1 cm³/mol. The van der Waals surface area contributed by atoms with Crippen molar-refractivity contribution in [1.29, 1.82) is 0 Å². The lowest BCUT2D eigenvalue weighted by atomic mass is 10.3. The van der Waals surface area contributed by atoms with E-state index in [1.54, 1.807) is 18.6 Å². The molecular formula is C9H12N2O. The number of aromatic nitrogens is 1. The highest BCUT2D eigenvalue weighted by molar-refractivity contribution is 5.78. The molecule has 1 heterocycles. The SMILES string of the molecule is CCCO/N=C\c1cccnc1. The Kier molecular flexibility index (Phi) is 3.84. The topological polar surface area (TPSA) is 34.5 Å². The second-order valence-corrected chi connectivity index (χ2v) is 2.35. The van der Waals surface area contributed by atoms with Crippen LogP contribution < -0.4 is 0 Å². The van der Waals surface area contributed by atoms with E-state index in [0.29, 0.717) is 6.61 Å². The van der Waals surface area contributed by atoms with Gasteiger partial charge >= 0.3 is 0 Å². The lowest BCUT2D eigenvalue weighted by Gasteiger charge is -1.93. The molecule has 1 aromatic heterocycles. The van der Waals surface area contributed by atoms with Gasteiger partial charge in [-0.05, 0) is 12.5 Å². The van der Waals surface area contributed by atoms with E-state index in [0.717, 1.165) is 12.0 Å². The smallest absolute Gasteiger partial charge is 0.116 e. The summed E-state index contributed by atoms with van der Waals surface area (Å²) < 4.78 is 0. The van der Waals surface area contributed by atoms with Gasteiger partial charge in [-0.15, -0.1) is 0 Å². The number of pyridine rings is 1. The Bertz CT molecular complexity index is 234. The van der Waals surface area contributed by atoms with Crippen LogP contribution in [0.1, 0.15) is 18.9 Å². The van der Waals surface area contributed by atoms with Gasteiger partial charge in [0, 0.05) is 18.0 Å². The number of nitrogens with zero attached hydrogens (tertiary/aromatic N) is 2. The molecule has 0 aromatic carbocycles. The van der Waals surface area contributed by atoms with E-state index >= 15 is 0 Å². The highest BCUT2D eigenvalue weighted by Crippen LogP contribution is 1.91. The second kappa shape index (κ2) is 5.29. The minimum atomic E-state index is 0.663. The van der Waals surface area contributed by atoms with Crippen LogP contribution in [0.4, 0.5) is 0 Å². The van der Waals surface area contributed by atoms with E-state index in [4.69, 9.17) is 4.84 Å². The minimum absolute atomic E-state index is 0.663. The Balaban J connectivity index is 2.36. The summed E-state index contributed by atoms with van der Waals surface area (Å²) in [4.78, 5) is 8.87. The quantitative estimate of drug-likeness (QED) is 0.386. The van der Waals surface area contributed by atoms with Crippen LogP contribution in [0.15, 0.2) is 29.7 Å². The first-order valence-electron chi connectivity index (χ1n) is 3.99. The third-order valence-electron chi connectivity index (χ3n) is 1.26. The van der Waals surface area contributed by atoms with Crippen molar-refractivity contribution in [2.75, 3.05) is 6.61 Å². The minimum Gasteiger partial charge on any atom is -0.396 e. The molecule has 0 aliphatic heterocycles. The van der Waals surface area contributed by atoms with Gasteiger partial charge in [-0.3, -0.25) is 4.98 Å². The Morgan fingerprint density at radius 2 is 2.58 bits per heavy atom. The third kappa shape index (κ3) is 3.14. The number of hydrogen-bond acceptors (Lipinski definition) is 3. The van der Waals surface area contributed by atoms with E-state index in [1.807, 2.05) is 19.1 Å². The Morgan fingerprint density at radius 1 is 1.67 bits per heavy atom. The molecule has 12 heavy (non-hydrogen) atoms. The summed E-state index contributed by atoms with van der Waals surface area (Å²) in [5.41, 5.74) is 0.952. The Labute approximate surface area is 72.1 Å². The van der Waals surface area contributed by atoms with E-state index in [1.165, 1.54) is 0 Å². The summed E-state index contributed by atoms with van der Waals surface area (Å²) in [6.45, 7) is 2.70. The monoisotopic (exact) mass is 164 g/mol. The molecule has 0 radical (unpaired) electrons. The highest BCUT2D eigenvalue weighted by atomic mass is 16.6. The molecular weight excluding hydrogens is 152 g/mol. The molecule has 3 heteroatoms. The van der Waals surface area contributed by atoms with Crippen LogP contribution in [0.5, 0.6) is 0 Å². The van der Waals surface area contributed by atoms with Crippen molar-refractivity contribution >= 4 is 6.21 Å². The number of oxime groups is 1. The van der Waals surface area contributed by atoms with Crippen molar-refractivity contribution in [1.82, 2.24) is 4.98 Å². The third-order valence-corrected chi connectivity index (χ3v) is 1.26. The molecule has 64 valence electrons. The molecule has 0 aliphatic carbocycles. The van der Waals surface area contributed by atoms with Crippen LogP contribution in [-0.4, -0.2) is 17.8 Å². The number of rotatable bonds is 4. The second-order valence-electron chi connectivity index (χ2n) is 2.35. The average molecular weight is 164 g/mol. The molecule has 0 fully saturated rings. The summed E-state index contributed by atoms with van der Waals surface area (Å²) in [7, 11) is 0. The fourth-order valence-electron chi connectivity index (χ4n) is 0.694. The lowest BCUT2D eigenvalue weighted by molar-refractivity contribution is 0.146. The van der Waals surface area contributed by atoms with Crippen molar-refractivity contribution in [2.24, 2.45) is 5.16 Å². The van der Waals surface area contributed by atoms with Gasteiger partial charge in [-0.1, -0.05) is 18.1 Å². The Hall–Kier alpha value is -1.38. The normalized spacial score (nSPS) is 10.4. The summed E-state index contributed by atoms with van der Waals surface area (Å²) in [5, 5.41) is 3.77. The molecule has 0 atom stereocenters. The number of hydrogen-bond donors (Lipinski definition) is 0. The van der Waals surface area contributed by atoms with Crippen LogP contribution in [0.25, 0.3) is 0 Å². The van der Waals surface area contributed by atoms with Crippen LogP contribution in [0, 0.1) is 0 Å². The fourth-order valence-corrected chi connectivity index (χ4v) is 0.694. The van der Waals surface area contributed by atoms with E-state index < -0.39 is 0 Å². The fraction of sp³-hybridized carbons (Fsp3) is 0.333. The van der Waals surface area contributed by atoms with Gasteiger partial charge in [0.15, 0.2) is 0 Å². The molecule has 0 N–H and O–H groups in total. The summed E-state index contributed by atoms with van der Waals surface area (Å²) in [6, 6.07) is 3.78. The first kappa shape index (κ1) is 8.71. The van der Waals surface area contributed by atoms with E-state index in [-0.39, 0.29) is 0 Å². The van der Waals surface area contributed by atoms with Crippen molar-refractivity contribution < 1.29 is 4.84 Å². The molecule has 0 aliphatic rings. The van der Waals surface area contributed by atoms with Gasteiger partial charge in [0.25, 0.3) is 0 Å². The predicted octanol–water partition coefficient (Wildman–Crippen LogP) is 1.84. The summed E-state index contributed by atoms with van der Waals surface area (Å²) in [5.74, 6) is 0. The van der Waals surface area contributed by atoms with Crippen LogP contribution in [0.3, 0.4) is 0 Å². The van der Waals surface area contributed by atoms with Gasteiger partial charge < -0.3 is 4.84 Å². The van der Waals surface area contributed by atoms with Crippen LogP contribution >= 0.6 is 0 Å². The van der Waals surface area contributed by atoms with Crippen molar-refractivity contribution in [3.63, 3.8) is 0 Å². The van der Waals surface area contributed by atoms with Gasteiger partial charge in [-0.25, -0.2) is 0 Å². The van der Waals surface area contributed by atoms with Gasteiger partial charge in [-0.2, -0.15) is 0 Å². The molecule has 0 saturated carbocycles. The molecule has 3 nitrogen and oxygen atoms in total. The maximum atomic E-state index is 4.93.